The average Bonchev–Trinajstić information content (AvgIpc) is 2.83. The molecule has 0 aromatic carbocycles. The van der Waals surface area contributed by atoms with Crippen molar-refractivity contribution in [1.29, 1.82) is 0 Å². The van der Waals surface area contributed by atoms with Crippen LogP contribution in [0, 0.1) is 0 Å². The first-order chi connectivity index (χ1) is 9.22. The summed E-state index contributed by atoms with van der Waals surface area (Å²) in [4.78, 5) is 18.3. The summed E-state index contributed by atoms with van der Waals surface area (Å²) in [5, 5.41) is 5.10. The molecule has 1 aromatic rings. The lowest BCUT2D eigenvalue weighted by Gasteiger charge is -2.46. The van der Waals surface area contributed by atoms with Crippen molar-refractivity contribution in [2.24, 2.45) is 0 Å². The minimum absolute atomic E-state index is 0.0477. The molecule has 2 fully saturated rings. The van der Waals surface area contributed by atoms with Crippen LogP contribution in [-0.4, -0.2) is 41.2 Å². The Morgan fingerprint density at radius 1 is 1.47 bits per heavy atom. The third kappa shape index (κ3) is 2.90. The lowest BCUT2D eigenvalue weighted by Crippen LogP contribution is -2.52. The van der Waals surface area contributed by atoms with Crippen molar-refractivity contribution in [3.05, 3.63) is 11.6 Å². The number of hydrogen-bond acceptors (Lipinski definition) is 5. The van der Waals surface area contributed by atoms with E-state index in [2.05, 4.69) is 22.2 Å². The summed E-state index contributed by atoms with van der Waals surface area (Å²) in [6, 6.07) is 1.15. The predicted molar refractivity (Wildman–Crippen MR) is 74.4 cm³/mol. The first-order valence-corrected chi connectivity index (χ1v) is 7.69. The molecule has 2 atom stereocenters. The van der Waals surface area contributed by atoms with E-state index in [9.17, 15) is 4.79 Å². The molecule has 2 bridgehead atoms. The maximum atomic E-state index is 11.8. The Hall–Kier alpha value is -1.14. The number of hydrogen-bond donors (Lipinski definition) is 1. The van der Waals surface area contributed by atoms with E-state index in [1.54, 1.807) is 6.20 Å². The lowest BCUT2D eigenvalue weighted by atomic mass is 9.83. The van der Waals surface area contributed by atoms with E-state index in [0.717, 1.165) is 12.8 Å². The van der Waals surface area contributed by atoms with E-state index in [1.165, 1.54) is 30.6 Å². The highest BCUT2D eigenvalue weighted by atomic mass is 32.1. The van der Waals surface area contributed by atoms with Gasteiger partial charge < -0.3 is 9.64 Å². The Bertz CT molecular complexity index is 423. The van der Waals surface area contributed by atoms with Gasteiger partial charge in [-0.3, -0.25) is 5.32 Å². The molecule has 1 amide bonds. The number of fused-ring (bicyclic) bond motifs is 2. The first kappa shape index (κ1) is 12.9. The van der Waals surface area contributed by atoms with Crippen molar-refractivity contribution in [3.8, 4) is 0 Å². The quantitative estimate of drug-likeness (QED) is 0.905. The zero-order valence-electron chi connectivity index (χ0n) is 11.0. The SMILES string of the molecule is CN1C2CCCC1CC(OC(=O)Nc1nccs1)C2. The molecule has 2 aliphatic heterocycles. The van der Waals surface area contributed by atoms with Gasteiger partial charge in [0.25, 0.3) is 0 Å². The van der Waals surface area contributed by atoms with E-state index in [0.29, 0.717) is 17.2 Å². The third-order valence-corrected chi connectivity index (χ3v) is 4.90. The van der Waals surface area contributed by atoms with Crippen LogP contribution in [0.5, 0.6) is 0 Å². The van der Waals surface area contributed by atoms with E-state index < -0.39 is 0 Å². The second-order valence-corrected chi connectivity index (χ2v) is 6.26. The van der Waals surface area contributed by atoms with E-state index in [4.69, 9.17) is 4.74 Å². The number of piperidine rings is 2. The molecule has 0 radical (unpaired) electrons. The Morgan fingerprint density at radius 3 is 2.84 bits per heavy atom. The van der Waals surface area contributed by atoms with Crippen molar-refractivity contribution in [2.45, 2.75) is 50.3 Å². The summed E-state index contributed by atoms with van der Waals surface area (Å²) in [6.45, 7) is 0. The summed E-state index contributed by atoms with van der Waals surface area (Å²) in [5.74, 6) is 0. The molecule has 0 aliphatic carbocycles. The Labute approximate surface area is 117 Å². The summed E-state index contributed by atoms with van der Waals surface area (Å²) in [7, 11) is 2.19. The molecular formula is C13H19N3O2S. The number of anilines is 1. The minimum Gasteiger partial charge on any atom is -0.446 e. The van der Waals surface area contributed by atoms with E-state index in [-0.39, 0.29) is 12.2 Å². The van der Waals surface area contributed by atoms with E-state index >= 15 is 0 Å². The normalized spacial score (nSPS) is 30.9. The Balaban J connectivity index is 1.54. The number of ether oxygens (including phenoxy) is 1. The highest BCUT2D eigenvalue weighted by Gasteiger charge is 2.37. The number of nitrogens with one attached hydrogen (secondary N) is 1. The molecule has 0 spiro atoms. The van der Waals surface area contributed by atoms with Gasteiger partial charge in [-0.15, -0.1) is 11.3 Å². The van der Waals surface area contributed by atoms with Crippen molar-refractivity contribution >= 4 is 22.6 Å². The zero-order valence-corrected chi connectivity index (χ0v) is 11.9. The van der Waals surface area contributed by atoms with Gasteiger partial charge in [-0.2, -0.15) is 0 Å². The van der Waals surface area contributed by atoms with Crippen LogP contribution in [0.3, 0.4) is 0 Å². The molecule has 1 N–H and O–H groups in total. The molecule has 5 nitrogen and oxygen atoms in total. The smallest absolute Gasteiger partial charge is 0.413 e. The van der Waals surface area contributed by atoms with Crippen LogP contribution in [0.2, 0.25) is 0 Å². The molecule has 2 unspecified atom stereocenters. The number of aromatic nitrogens is 1. The predicted octanol–water partition coefficient (Wildman–Crippen LogP) is 2.71. The van der Waals surface area contributed by atoms with E-state index in [1.807, 2.05) is 5.38 Å². The second-order valence-electron chi connectivity index (χ2n) is 5.36. The lowest BCUT2D eigenvalue weighted by molar-refractivity contribution is -0.0161. The molecule has 3 rings (SSSR count). The van der Waals surface area contributed by atoms with Gasteiger partial charge in [-0.1, -0.05) is 6.42 Å². The summed E-state index contributed by atoms with van der Waals surface area (Å²) in [5.41, 5.74) is 0. The van der Waals surface area contributed by atoms with Gasteiger partial charge >= 0.3 is 6.09 Å². The maximum absolute atomic E-state index is 11.8. The van der Waals surface area contributed by atoms with Gasteiger partial charge in [0, 0.05) is 36.5 Å². The molecule has 2 saturated heterocycles. The fraction of sp³-hybridized carbons (Fsp3) is 0.692. The number of thiazole rings is 1. The van der Waals surface area contributed by atoms with Crippen LogP contribution in [0.4, 0.5) is 9.93 Å². The molecule has 3 heterocycles. The van der Waals surface area contributed by atoms with Gasteiger partial charge in [0.15, 0.2) is 5.13 Å². The fourth-order valence-electron chi connectivity index (χ4n) is 3.22. The van der Waals surface area contributed by atoms with Crippen LogP contribution in [0.1, 0.15) is 32.1 Å². The van der Waals surface area contributed by atoms with Crippen LogP contribution in [-0.2, 0) is 4.74 Å². The van der Waals surface area contributed by atoms with Gasteiger partial charge in [-0.25, -0.2) is 9.78 Å². The van der Waals surface area contributed by atoms with Crippen LogP contribution >= 0.6 is 11.3 Å². The highest BCUT2D eigenvalue weighted by Crippen LogP contribution is 2.34. The summed E-state index contributed by atoms with van der Waals surface area (Å²) < 4.78 is 5.54. The number of carbonyl (C=O) groups is 1. The number of rotatable bonds is 2. The molecule has 1 aromatic heterocycles. The average molecular weight is 281 g/mol. The number of carbonyl (C=O) groups excluding carboxylic acids is 1. The first-order valence-electron chi connectivity index (χ1n) is 6.81. The number of nitrogens with zero attached hydrogens (tertiary/aromatic N) is 2. The van der Waals surface area contributed by atoms with Crippen LogP contribution in [0.25, 0.3) is 0 Å². The monoisotopic (exact) mass is 281 g/mol. The van der Waals surface area contributed by atoms with Gasteiger partial charge in [0.05, 0.1) is 0 Å². The molecule has 6 heteroatoms. The summed E-state index contributed by atoms with van der Waals surface area (Å²) >= 11 is 1.40. The van der Waals surface area contributed by atoms with Crippen LogP contribution in [0.15, 0.2) is 11.6 Å². The summed E-state index contributed by atoms with van der Waals surface area (Å²) in [6.07, 6.45) is 7.00. The Morgan fingerprint density at radius 2 is 2.21 bits per heavy atom. The van der Waals surface area contributed by atoms with Gasteiger partial charge in [0.1, 0.15) is 6.10 Å². The standard InChI is InChI=1S/C13H19N3O2S/c1-16-9-3-2-4-10(16)8-11(7-9)18-13(17)15-12-14-5-6-19-12/h5-6,9-11H,2-4,7-8H2,1H3,(H,14,15,17). The van der Waals surface area contributed by atoms with Crippen molar-refractivity contribution in [2.75, 3.05) is 12.4 Å². The topological polar surface area (TPSA) is 54.5 Å². The molecule has 19 heavy (non-hydrogen) atoms. The van der Waals surface area contributed by atoms with Gasteiger partial charge in [-0.05, 0) is 19.9 Å². The fourth-order valence-corrected chi connectivity index (χ4v) is 3.73. The molecular weight excluding hydrogens is 262 g/mol. The Kier molecular flexibility index (Phi) is 3.70. The van der Waals surface area contributed by atoms with Crippen LogP contribution < -0.4 is 5.32 Å². The number of amides is 1. The maximum Gasteiger partial charge on any atom is 0.413 e. The third-order valence-electron chi connectivity index (χ3n) is 4.21. The van der Waals surface area contributed by atoms with Crippen molar-refractivity contribution in [3.63, 3.8) is 0 Å². The zero-order chi connectivity index (χ0) is 13.2. The molecule has 104 valence electrons. The van der Waals surface area contributed by atoms with Gasteiger partial charge in [0.2, 0.25) is 0 Å². The molecule has 2 aliphatic rings. The van der Waals surface area contributed by atoms with Crippen molar-refractivity contribution < 1.29 is 9.53 Å². The highest BCUT2D eigenvalue weighted by molar-refractivity contribution is 7.13. The minimum atomic E-state index is -0.373. The van der Waals surface area contributed by atoms with Crippen molar-refractivity contribution in [1.82, 2.24) is 9.88 Å². The second kappa shape index (κ2) is 5.46. The largest absolute Gasteiger partial charge is 0.446 e. The molecule has 0 saturated carbocycles.